The van der Waals surface area contributed by atoms with E-state index in [4.69, 9.17) is 21.7 Å². The zero-order chi connectivity index (χ0) is 21.3. The molecule has 1 aliphatic rings. The predicted molar refractivity (Wildman–Crippen MR) is 122 cm³/mol. The molecule has 0 atom stereocenters. The lowest BCUT2D eigenvalue weighted by Crippen LogP contribution is -2.48. The van der Waals surface area contributed by atoms with Gasteiger partial charge in [0.1, 0.15) is 4.99 Å². The smallest absolute Gasteiger partial charge is 0.258 e. The maximum atomic E-state index is 12.1. The molecule has 0 bridgehead atoms. The summed E-state index contributed by atoms with van der Waals surface area (Å²) >= 11 is 5.70. The lowest BCUT2D eigenvalue weighted by molar-refractivity contribution is -0.123. The van der Waals surface area contributed by atoms with Gasteiger partial charge in [0.25, 0.3) is 5.91 Å². The number of nitrogens with one attached hydrogen (secondary N) is 1. The lowest BCUT2D eigenvalue weighted by Gasteiger charge is -2.35. The van der Waals surface area contributed by atoms with E-state index in [2.05, 4.69) is 22.0 Å². The molecule has 0 aromatic heterocycles. The van der Waals surface area contributed by atoms with Gasteiger partial charge in [-0.25, -0.2) is 0 Å². The van der Waals surface area contributed by atoms with Crippen molar-refractivity contribution >= 4 is 23.1 Å². The summed E-state index contributed by atoms with van der Waals surface area (Å²) in [6, 6.07) is 15.4. The predicted octanol–water partition coefficient (Wildman–Crippen LogP) is 2.70. The van der Waals surface area contributed by atoms with E-state index in [9.17, 15) is 4.79 Å². The van der Waals surface area contributed by atoms with Crippen molar-refractivity contribution in [3.8, 4) is 11.5 Å². The lowest BCUT2D eigenvalue weighted by atomic mass is 10.1. The van der Waals surface area contributed by atoms with Gasteiger partial charge in [0.2, 0.25) is 0 Å². The van der Waals surface area contributed by atoms with Gasteiger partial charge < -0.3 is 24.6 Å². The average Bonchev–Trinajstić information content (AvgIpc) is 2.81. The van der Waals surface area contributed by atoms with Gasteiger partial charge in [-0.3, -0.25) is 4.79 Å². The summed E-state index contributed by atoms with van der Waals surface area (Å²) in [7, 11) is 1.59. The van der Waals surface area contributed by atoms with Crippen molar-refractivity contribution < 1.29 is 14.3 Å². The molecule has 1 saturated heterocycles. The molecular weight excluding hydrogens is 398 g/mol. The number of benzene rings is 2. The number of nitrogens with zero attached hydrogens (tertiary/aromatic N) is 2. The Kier molecular flexibility index (Phi) is 8.04. The van der Waals surface area contributed by atoms with Crippen LogP contribution in [0.3, 0.4) is 0 Å². The van der Waals surface area contributed by atoms with E-state index >= 15 is 0 Å². The minimum atomic E-state index is -0.186. The van der Waals surface area contributed by atoms with E-state index in [0.717, 1.165) is 48.8 Å². The SMILES string of the molecule is CCN1CCN(C(=S)c2ccc(OCC(=O)NCc3ccccc3)c(OC)c2)CC1. The molecular formula is C23H29N3O3S. The van der Waals surface area contributed by atoms with Crippen LogP contribution >= 0.6 is 12.2 Å². The molecule has 3 rings (SSSR count). The first-order chi connectivity index (χ1) is 14.6. The molecule has 2 aromatic rings. The first-order valence-electron chi connectivity index (χ1n) is 10.2. The Morgan fingerprint density at radius 3 is 2.47 bits per heavy atom. The maximum Gasteiger partial charge on any atom is 0.258 e. The average molecular weight is 428 g/mol. The van der Waals surface area contributed by atoms with Gasteiger partial charge in [0, 0.05) is 38.3 Å². The second-order valence-electron chi connectivity index (χ2n) is 7.14. The molecule has 0 spiro atoms. The fourth-order valence-electron chi connectivity index (χ4n) is 3.36. The number of amides is 1. The number of thiocarbonyl (C=S) groups is 1. The molecule has 0 unspecified atom stereocenters. The number of methoxy groups -OCH3 is 1. The number of ether oxygens (including phenoxy) is 2. The quantitative estimate of drug-likeness (QED) is 0.654. The van der Waals surface area contributed by atoms with Crippen LogP contribution in [0, 0.1) is 0 Å². The van der Waals surface area contributed by atoms with E-state index in [0.29, 0.717) is 18.0 Å². The highest BCUT2D eigenvalue weighted by molar-refractivity contribution is 7.80. The largest absolute Gasteiger partial charge is 0.493 e. The number of hydrogen-bond acceptors (Lipinski definition) is 5. The summed E-state index contributed by atoms with van der Waals surface area (Å²) in [6.45, 7) is 7.54. The summed E-state index contributed by atoms with van der Waals surface area (Å²) in [4.78, 5) is 17.6. The maximum absolute atomic E-state index is 12.1. The third-order valence-electron chi connectivity index (χ3n) is 5.21. The number of piperazine rings is 1. The van der Waals surface area contributed by atoms with Gasteiger partial charge in [-0.05, 0) is 30.3 Å². The Morgan fingerprint density at radius 2 is 1.80 bits per heavy atom. The van der Waals surface area contributed by atoms with Crippen LogP contribution in [0.1, 0.15) is 18.1 Å². The van der Waals surface area contributed by atoms with Crippen LogP contribution < -0.4 is 14.8 Å². The van der Waals surface area contributed by atoms with Gasteiger partial charge in [-0.2, -0.15) is 0 Å². The Hall–Kier alpha value is -2.64. The number of rotatable bonds is 8. The number of likely N-dealkylation sites (N-methyl/N-ethyl adjacent to an activating group) is 1. The van der Waals surface area contributed by atoms with Gasteiger partial charge in [0.05, 0.1) is 7.11 Å². The van der Waals surface area contributed by atoms with Crippen molar-refractivity contribution in [2.24, 2.45) is 0 Å². The van der Waals surface area contributed by atoms with Crippen LogP contribution in [-0.2, 0) is 11.3 Å². The zero-order valence-electron chi connectivity index (χ0n) is 17.6. The van der Waals surface area contributed by atoms with Gasteiger partial charge in [-0.1, -0.05) is 49.5 Å². The fourth-order valence-corrected chi connectivity index (χ4v) is 3.67. The van der Waals surface area contributed by atoms with Crippen molar-refractivity contribution in [1.82, 2.24) is 15.1 Å². The van der Waals surface area contributed by atoms with Crippen molar-refractivity contribution in [3.05, 3.63) is 59.7 Å². The summed E-state index contributed by atoms with van der Waals surface area (Å²) in [6.07, 6.45) is 0. The van der Waals surface area contributed by atoms with Crippen LogP contribution in [-0.4, -0.2) is 67.1 Å². The van der Waals surface area contributed by atoms with E-state index in [1.54, 1.807) is 7.11 Å². The van der Waals surface area contributed by atoms with E-state index in [1.807, 2.05) is 48.5 Å². The van der Waals surface area contributed by atoms with Crippen molar-refractivity contribution in [1.29, 1.82) is 0 Å². The molecule has 6 nitrogen and oxygen atoms in total. The molecule has 30 heavy (non-hydrogen) atoms. The molecule has 1 heterocycles. The molecule has 0 saturated carbocycles. The minimum absolute atomic E-state index is 0.0774. The topological polar surface area (TPSA) is 54.0 Å². The van der Waals surface area contributed by atoms with Gasteiger partial charge in [-0.15, -0.1) is 0 Å². The number of carbonyl (C=O) groups excluding carboxylic acids is 1. The second kappa shape index (κ2) is 10.9. The van der Waals surface area contributed by atoms with E-state index < -0.39 is 0 Å². The summed E-state index contributed by atoms with van der Waals surface area (Å²) < 4.78 is 11.2. The minimum Gasteiger partial charge on any atom is -0.493 e. The molecule has 1 aliphatic heterocycles. The van der Waals surface area contributed by atoms with Crippen LogP contribution in [0.5, 0.6) is 11.5 Å². The van der Waals surface area contributed by atoms with Crippen LogP contribution in [0.15, 0.2) is 48.5 Å². The zero-order valence-corrected chi connectivity index (χ0v) is 18.4. The molecule has 0 aliphatic carbocycles. The Bertz CT molecular complexity index is 852. The molecule has 0 radical (unpaired) electrons. The number of carbonyl (C=O) groups is 1. The second-order valence-corrected chi connectivity index (χ2v) is 7.53. The first kappa shape index (κ1) is 22.1. The fraction of sp³-hybridized carbons (Fsp3) is 0.391. The summed E-state index contributed by atoms with van der Waals surface area (Å²) in [5, 5.41) is 2.85. The van der Waals surface area contributed by atoms with Crippen LogP contribution in [0.25, 0.3) is 0 Å². The molecule has 160 valence electrons. The molecule has 2 aromatic carbocycles. The molecule has 7 heteroatoms. The summed E-state index contributed by atoms with van der Waals surface area (Å²) in [5.74, 6) is 0.905. The monoisotopic (exact) mass is 427 g/mol. The first-order valence-corrected chi connectivity index (χ1v) is 10.6. The highest BCUT2D eigenvalue weighted by Gasteiger charge is 2.20. The summed E-state index contributed by atoms with van der Waals surface area (Å²) in [5.41, 5.74) is 1.97. The van der Waals surface area contributed by atoms with Crippen molar-refractivity contribution in [2.45, 2.75) is 13.5 Å². The van der Waals surface area contributed by atoms with Crippen molar-refractivity contribution in [3.63, 3.8) is 0 Å². The van der Waals surface area contributed by atoms with Crippen LogP contribution in [0.2, 0.25) is 0 Å². The third kappa shape index (κ3) is 5.93. The Morgan fingerprint density at radius 1 is 1.07 bits per heavy atom. The van der Waals surface area contributed by atoms with Gasteiger partial charge in [0.15, 0.2) is 18.1 Å². The van der Waals surface area contributed by atoms with E-state index in [1.165, 1.54) is 0 Å². The standard InChI is InChI=1S/C23H29N3O3S/c1-3-25-11-13-26(14-12-25)23(30)19-9-10-20(21(15-19)28-2)29-17-22(27)24-16-18-7-5-4-6-8-18/h4-10,15H,3,11-14,16-17H2,1-2H3,(H,24,27). The number of hydrogen-bond donors (Lipinski definition) is 1. The highest BCUT2D eigenvalue weighted by atomic mass is 32.1. The molecule has 1 amide bonds. The van der Waals surface area contributed by atoms with Crippen LogP contribution in [0.4, 0.5) is 0 Å². The highest BCUT2D eigenvalue weighted by Crippen LogP contribution is 2.29. The van der Waals surface area contributed by atoms with Crippen molar-refractivity contribution in [2.75, 3.05) is 46.4 Å². The normalized spacial score (nSPS) is 14.3. The van der Waals surface area contributed by atoms with Gasteiger partial charge >= 0.3 is 0 Å². The Labute approximate surface area is 183 Å². The third-order valence-corrected chi connectivity index (χ3v) is 5.70. The van der Waals surface area contributed by atoms with E-state index in [-0.39, 0.29) is 12.5 Å². The molecule has 1 fully saturated rings. The Balaban J connectivity index is 1.54. The molecule has 1 N–H and O–H groups in total.